The van der Waals surface area contributed by atoms with Gasteiger partial charge in [-0.05, 0) is 30.7 Å². The number of rotatable bonds is 6. The van der Waals surface area contributed by atoms with E-state index in [1.807, 2.05) is 5.48 Å². The minimum absolute atomic E-state index is 0.00469. The monoisotopic (exact) mass is 468 g/mol. The molecule has 8 nitrogen and oxygen atoms in total. The SMILES string of the molecule is ONC(=Nc1ccc(F)c(Cl)c1)c1cc(F)c(F)c2nc(NCCN3CC[C@H](O)C3)[nH]c12. The summed E-state index contributed by atoms with van der Waals surface area (Å²) < 4.78 is 42.0. The van der Waals surface area contributed by atoms with Crippen molar-refractivity contribution in [2.75, 3.05) is 31.5 Å². The second-order valence-electron chi connectivity index (χ2n) is 7.37. The number of β-amino-alcohol motifs (C(OH)–C–C–N with tert-alkyl or cyclic N) is 1. The highest BCUT2D eigenvalue weighted by Crippen LogP contribution is 2.27. The summed E-state index contributed by atoms with van der Waals surface area (Å²) in [7, 11) is 0. The molecule has 0 saturated carbocycles. The van der Waals surface area contributed by atoms with Crippen molar-refractivity contribution in [1.29, 1.82) is 0 Å². The van der Waals surface area contributed by atoms with Crippen LogP contribution in [0.25, 0.3) is 11.0 Å². The molecule has 1 saturated heterocycles. The van der Waals surface area contributed by atoms with E-state index in [9.17, 15) is 23.5 Å². The molecule has 0 amide bonds. The van der Waals surface area contributed by atoms with E-state index in [4.69, 9.17) is 11.6 Å². The fraction of sp³-hybridized carbons (Fsp3) is 0.300. The molecule has 0 unspecified atom stereocenters. The highest BCUT2D eigenvalue weighted by molar-refractivity contribution is 6.31. The normalized spacial score (nSPS) is 17.3. The molecule has 1 aliphatic heterocycles. The van der Waals surface area contributed by atoms with Crippen LogP contribution in [0, 0.1) is 17.5 Å². The number of likely N-dealkylation sites (tertiary alicyclic amines) is 1. The Bertz CT molecular complexity index is 1170. The summed E-state index contributed by atoms with van der Waals surface area (Å²) in [4.78, 5) is 13.1. The number of nitrogens with one attached hydrogen (secondary N) is 3. The van der Waals surface area contributed by atoms with E-state index in [1.165, 1.54) is 12.1 Å². The molecule has 1 atom stereocenters. The molecule has 0 aliphatic carbocycles. The second kappa shape index (κ2) is 9.33. The average Bonchev–Trinajstić information content (AvgIpc) is 3.38. The number of anilines is 1. The number of hydrogen-bond acceptors (Lipinski definition) is 6. The molecule has 2 aromatic carbocycles. The molecule has 1 aliphatic rings. The van der Waals surface area contributed by atoms with Crippen molar-refractivity contribution >= 4 is 40.1 Å². The van der Waals surface area contributed by atoms with Crippen molar-refractivity contribution in [2.45, 2.75) is 12.5 Å². The maximum Gasteiger partial charge on any atom is 0.201 e. The Kier molecular flexibility index (Phi) is 6.51. The lowest BCUT2D eigenvalue weighted by atomic mass is 10.1. The Balaban J connectivity index is 1.63. The third-order valence-corrected chi connectivity index (χ3v) is 5.42. The molecule has 170 valence electrons. The number of aromatic nitrogens is 2. The third-order valence-electron chi connectivity index (χ3n) is 5.13. The molecule has 0 bridgehead atoms. The van der Waals surface area contributed by atoms with Gasteiger partial charge in [-0.3, -0.25) is 15.6 Å². The number of imidazole rings is 1. The van der Waals surface area contributed by atoms with Gasteiger partial charge >= 0.3 is 0 Å². The molecular weight excluding hydrogens is 449 g/mol. The number of nitrogens with zero attached hydrogens (tertiary/aromatic N) is 3. The zero-order valence-corrected chi connectivity index (χ0v) is 17.4. The molecule has 0 spiro atoms. The fourth-order valence-electron chi connectivity index (χ4n) is 3.55. The standard InChI is InChI=1S/C20H20ClF3N6O2/c21-13-7-10(1-2-14(13)22)26-19(29-32)12-8-15(23)16(24)18-17(12)27-20(28-18)25-4-6-30-5-3-11(31)9-30/h1-2,7-8,11,31-32H,3-6,9H2,(H,26,29)(H2,25,27,28)/t11-/m0/s1. The van der Waals surface area contributed by atoms with Crippen molar-refractivity contribution in [1.82, 2.24) is 20.3 Å². The summed E-state index contributed by atoms with van der Waals surface area (Å²) in [5, 5.41) is 22.0. The number of H-pyrrole nitrogens is 1. The summed E-state index contributed by atoms with van der Waals surface area (Å²) in [5.74, 6) is -3.01. The number of fused-ring (bicyclic) bond motifs is 1. The zero-order chi connectivity index (χ0) is 22.8. The van der Waals surface area contributed by atoms with Crippen LogP contribution in [0.5, 0.6) is 0 Å². The Morgan fingerprint density at radius 1 is 1.28 bits per heavy atom. The summed E-state index contributed by atoms with van der Waals surface area (Å²) in [6.07, 6.45) is 0.383. The maximum absolute atomic E-state index is 14.4. The Morgan fingerprint density at radius 3 is 2.78 bits per heavy atom. The molecule has 1 fully saturated rings. The predicted molar refractivity (Wildman–Crippen MR) is 114 cm³/mol. The topological polar surface area (TPSA) is 109 Å². The van der Waals surface area contributed by atoms with Crippen molar-refractivity contribution in [3.05, 3.63) is 52.3 Å². The second-order valence-corrected chi connectivity index (χ2v) is 7.78. The molecule has 2 heterocycles. The van der Waals surface area contributed by atoms with Gasteiger partial charge in [0, 0.05) is 31.7 Å². The third kappa shape index (κ3) is 4.65. The van der Waals surface area contributed by atoms with Crippen LogP contribution < -0.4 is 10.8 Å². The minimum atomic E-state index is -1.18. The molecule has 4 rings (SSSR count). The molecule has 0 radical (unpaired) electrons. The van der Waals surface area contributed by atoms with Crippen LogP contribution in [0.2, 0.25) is 5.02 Å². The van der Waals surface area contributed by atoms with Crippen molar-refractivity contribution in [3.63, 3.8) is 0 Å². The van der Waals surface area contributed by atoms with Gasteiger partial charge in [-0.25, -0.2) is 23.1 Å². The Labute approximate surface area is 185 Å². The molecule has 5 N–H and O–H groups in total. The highest BCUT2D eigenvalue weighted by Gasteiger charge is 2.21. The molecular formula is C20H20ClF3N6O2. The number of aliphatic imine (C=N–C) groups is 1. The van der Waals surface area contributed by atoms with Crippen LogP contribution in [-0.2, 0) is 0 Å². The zero-order valence-electron chi connectivity index (χ0n) is 16.7. The van der Waals surface area contributed by atoms with Crippen molar-refractivity contribution < 1.29 is 23.5 Å². The number of aliphatic hydroxyl groups is 1. The summed E-state index contributed by atoms with van der Waals surface area (Å²) in [5.41, 5.74) is 1.86. The lowest BCUT2D eigenvalue weighted by molar-refractivity contribution is 0.177. The summed E-state index contributed by atoms with van der Waals surface area (Å²) in [6, 6.07) is 4.48. The van der Waals surface area contributed by atoms with Crippen molar-refractivity contribution in [3.8, 4) is 0 Å². The van der Waals surface area contributed by atoms with Gasteiger partial charge in [0.05, 0.1) is 22.3 Å². The molecule has 3 aromatic rings. The van der Waals surface area contributed by atoms with E-state index in [0.29, 0.717) is 26.1 Å². The van der Waals surface area contributed by atoms with Gasteiger partial charge in [0.2, 0.25) is 5.95 Å². The summed E-state index contributed by atoms with van der Waals surface area (Å²) in [6.45, 7) is 2.46. The number of hydroxylamine groups is 1. The van der Waals surface area contributed by atoms with Gasteiger partial charge in [0.25, 0.3) is 0 Å². The van der Waals surface area contributed by atoms with Gasteiger partial charge in [0.1, 0.15) is 11.3 Å². The first-order chi connectivity index (χ1) is 15.4. The van der Waals surface area contributed by atoms with E-state index < -0.39 is 17.5 Å². The van der Waals surface area contributed by atoms with Crippen LogP contribution >= 0.6 is 11.6 Å². The number of aliphatic hydroxyl groups excluding tert-OH is 1. The summed E-state index contributed by atoms with van der Waals surface area (Å²) >= 11 is 5.76. The van der Waals surface area contributed by atoms with Crippen LogP contribution in [0.3, 0.4) is 0 Å². The average molecular weight is 469 g/mol. The first kappa shape index (κ1) is 22.3. The maximum atomic E-state index is 14.4. The van der Waals surface area contributed by atoms with Crippen molar-refractivity contribution in [2.24, 2.45) is 4.99 Å². The van der Waals surface area contributed by atoms with E-state index in [1.54, 1.807) is 0 Å². The van der Waals surface area contributed by atoms with E-state index >= 15 is 0 Å². The quantitative estimate of drug-likeness (QED) is 0.216. The lowest BCUT2D eigenvalue weighted by Crippen LogP contribution is -2.28. The van der Waals surface area contributed by atoms with Gasteiger partial charge in [-0.1, -0.05) is 11.6 Å². The number of halogens is 4. The largest absolute Gasteiger partial charge is 0.392 e. The number of benzene rings is 2. The van der Waals surface area contributed by atoms with Crippen LogP contribution in [0.4, 0.5) is 24.8 Å². The Hall–Kier alpha value is -2.86. The van der Waals surface area contributed by atoms with Gasteiger partial charge in [0.15, 0.2) is 17.5 Å². The first-order valence-corrected chi connectivity index (χ1v) is 10.2. The van der Waals surface area contributed by atoms with Gasteiger partial charge in [-0.15, -0.1) is 0 Å². The first-order valence-electron chi connectivity index (χ1n) is 9.82. The number of amidine groups is 1. The van der Waals surface area contributed by atoms with E-state index in [-0.39, 0.29) is 45.2 Å². The number of hydrogen-bond donors (Lipinski definition) is 5. The smallest absolute Gasteiger partial charge is 0.201 e. The van der Waals surface area contributed by atoms with E-state index in [0.717, 1.165) is 18.7 Å². The van der Waals surface area contributed by atoms with Crippen LogP contribution in [0.15, 0.2) is 29.3 Å². The van der Waals surface area contributed by atoms with Crippen LogP contribution in [-0.4, -0.2) is 63.3 Å². The minimum Gasteiger partial charge on any atom is -0.392 e. The molecule has 12 heteroatoms. The number of aromatic amines is 1. The molecule has 1 aromatic heterocycles. The van der Waals surface area contributed by atoms with Gasteiger partial charge < -0.3 is 15.4 Å². The predicted octanol–water partition coefficient (Wildman–Crippen LogP) is 3.17. The fourth-order valence-corrected chi connectivity index (χ4v) is 3.72. The van der Waals surface area contributed by atoms with Gasteiger partial charge in [-0.2, -0.15) is 0 Å². The Morgan fingerprint density at radius 2 is 2.09 bits per heavy atom. The highest BCUT2D eigenvalue weighted by atomic mass is 35.5. The molecule has 32 heavy (non-hydrogen) atoms. The van der Waals surface area contributed by atoms with Crippen LogP contribution in [0.1, 0.15) is 12.0 Å². The lowest BCUT2D eigenvalue weighted by Gasteiger charge is -2.14. The van der Waals surface area contributed by atoms with E-state index in [2.05, 4.69) is 25.2 Å².